The third-order valence-electron chi connectivity index (χ3n) is 3.39. The molecule has 0 bridgehead atoms. The molecule has 0 spiro atoms. The molecule has 0 saturated carbocycles. The van der Waals surface area contributed by atoms with Gasteiger partial charge < -0.3 is 4.42 Å². The predicted molar refractivity (Wildman–Crippen MR) is 92.3 cm³/mol. The molecule has 0 fully saturated rings. The number of nitrogens with one attached hydrogen (secondary N) is 1. The lowest BCUT2D eigenvalue weighted by atomic mass is 10.1. The number of nitro benzene ring substituents is 1. The van der Waals surface area contributed by atoms with Gasteiger partial charge in [-0.1, -0.05) is 30.3 Å². The first-order valence-corrected chi connectivity index (χ1v) is 7.37. The topological polar surface area (TPSA) is 97.7 Å². The van der Waals surface area contributed by atoms with Gasteiger partial charge in [-0.2, -0.15) is 5.10 Å². The Kier molecular flexibility index (Phi) is 4.66. The van der Waals surface area contributed by atoms with Gasteiger partial charge in [0.1, 0.15) is 11.5 Å². The van der Waals surface area contributed by atoms with E-state index in [-0.39, 0.29) is 11.6 Å². The number of nitro groups is 1. The van der Waals surface area contributed by atoms with Crippen LogP contribution in [0.3, 0.4) is 0 Å². The number of hydrazone groups is 1. The van der Waals surface area contributed by atoms with Crippen molar-refractivity contribution < 1.29 is 14.1 Å². The summed E-state index contributed by atoms with van der Waals surface area (Å²) in [5, 5.41) is 14.9. The molecular weight excluding hydrogens is 322 g/mol. The van der Waals surface area contributed by atoms with E-state index in [1.54, 1.807) is 54.6 Å². The number of carbonyl (C=O) groups is 1. The first-order chi connectivity index (χ1) is 12.1. The largest absolute Gasteiger partial charge is 0.455 e. The van der Waals surface area contributed by atoms with Crippen LogP contribution in [0.25, 0.3) is 11.3 Å². The number of amides is 1. The van der Waals surface area contributed by atoms with Crippen LogP contribution in [0, 0.1) is 10.1 Å². The lowest BCUT2D eigenvalue weighted by Crippen LogP contribution is -2.17. The normalized spacial score (nSPS) is 10.7. The average Bonchev–Trinajstić information content (AvgIpc) is 3.11. The summed E-state index contributed by atoms with van der Waals surface area (Å²) in [7, 11) is 0. The highest BCUT2D eigenvalue weighted by Crippen LogP contribution is 2.30. The Morgan fingerprint density at radius 1 is 1.04 bits per heavy atom. The van der Waals surface area contributed by atoms with Crippen molar-refractivity contribution in [1.29, 1.82) is 0 Å². The molecule has 7 nitrogen and oxygen atoms in total. The third kappa shape index (κ3) is 3.78. The lowest BCUT2D eigenvalue weighted by Gasteiger charge is -1.99. The Bertz CT molecular complexity index is 932. The van der Waals surface area contributed by atoms with E-state index < -0.39 is 4.92 Å². The number of nitrogens with zero attached hydrogens (tertiary/aromatic N) is 2. The molecule has 3 rings (SSSR count). The third-order valence-corrected chi connectivity index (χ3v) is 3.39. The van der Waals surface area contributed by atoms with Crippen molar-refractivity contribution in [2.75, 3.05) is 0 Å². The van der Waals surface area contributed by atoms with Gasteiger partial charge in [0, 0.05) is 11.6 Å². The number of para-hydroxylation sites is 1. The maximum Gasteiger partial charge on any atom is 0.280 e. The predicted octanol–water partition coefficient (Wildman–Crippen LogP) is 3.62. The molecule has 1 amide bonds. The maximum atomic E-state index is 11.9. The summed E-state index contributed by atoms with van der Waals surface area (Å²) >= 11 is 0. The van der Waals surface area contributed by atoms with E-state index in [0.717, 1.165) is 0 Å². The van der Waals surface area contributed by atoms with E-state index in [4.69, 9.17) is 4.42 Å². The minimum atomic E-state index is -0.467. The molecule has 3 aromatic rings. The summed E-state index contributed by atoms with van der Waals surface area (Å²) in [5.41, 5.74) is 3.21. The smallest absolute Gasteiger partial charge is 0.280 e. The van der Waals surface area contributed by atoms with Gasteiger partial charge in [-0.15, -0.1) is 0 Å². The fraction of sp³-hybridized carbons (Fsp3) is 0. The molecule has 25 heavy (non-hydrogen) atoms. The fourth-order valence-corrected chi connectivity index (χ4v) is 2.22. The van der Waals surface area contributed by atoms with E-state index >= 15 is 0 Å². The Balaban J connectivity index is 1.72. The number of hydrogen-bond acceptors (Lipinski definition) is 5. The molecule has 7 heteroatoms. The van der Waals surface area contributed by atoms with Crippen molar-refractivity contribution in [3.05, 3.63) is 88.2 Å². The standard InChI is InChI=1S/C18H13N3O4/c22-18(13-6-2-1-3-7-13)20-19-12-14-10-11-17(25-14)15-8-4-5-9-16(15)21(23)24/h1-12H,(H,20,22). The number of carbonyl (C=O) groups excluding carboxylic acids is 1. The summed E-state index contributed by atoms with van der Waals surface area (Å²) in [6.45, 7) is 0. The number of rotatable bonds is 5. The highest BCUT2D eigenvalue weighted by Gasteiger charge is 2.16. The van der Waals surface area contributed by atoms with Gasteiger partial charge in [-0.3, -0.25) is 14.9 Å². The lowest BCUT2D eigenvalue weighted by molar-refractivity contribution is -0.384. The van der Waals surface area contributed by atoms with Gasteiger partial charge in [-0.25, -0.2) is 5.43 Å². The van der Waals surface area contributed by atoms with E-state index in [0.29, 0.717) is 22.6 Å². The molecule has 0 atom stereocenters. The van der Waals surface area contributed by atoms with Crippen molar-refractivity contribution in [1.82, 2.24) is 5.43 Å². The van der Waals surface area contributed by atoms with Crippen molar-refractivity contribution in [2.24, 2.45) is 5.10 Å². The first-order valence-electron chi connectivity index (χ1n) is 7.37. The average molecular weight is 335 g/mol. The molecule has 0 unspecified atom stereocenters. The van der Waals surface area contributed by atoms with E-state index in [1.165, 1.54) is 12.3 Å². The van der Waals surface area contributed by atoms with Crippen molar-refractivity contribution in [2.45, 2.75) is 0 Å². The monoisotopic (exact) mass is 335 g/mol. The van der Waals surface area contributed by atoms with Crippen LogP contribution >= 0.6 is 0 Å². The molecule has 1 aromatic heterocycles. The molecule has 0 radical (unpaired) electrons. The van der Waals surface area contributed by atoms with Crippen LogP contribution in [-0.2, 0) is 0 Å². The van der Waals surface area contributed by atoms with Crippen LogP contribution in [0.15, 0.2) is 76.2 Å². The molecule has 1 N–H and O–H groups in total. The molecule has 0 aliphatic heterocycles. The fourth-order valence-electron chi connectivity index (χ4n) is 2.22. The van der Waals surface area contributed by atoms with Crippen LogP contribution in [0.5, 0.6) is 0 Å². The quantitative estimate of drug-likeness (QED) is 0.437. The zero-order valence-corrected chi connectivity index (χ0v) is 13.0. The van der Waals surface area contributed by atoms with Crippen molar-refractivity contribution in [3.8, 4) is 11.3 Å². The minimum absolute atomic E-state index is 0.0438. The summed E-state index contributed by atoms with van der Waals surface area (Å²) in [5.74, 6) is 0.368. The van der Waals surface area contributed by atoms with Gasteiger partial charge in [0.2, 0.25) is 0 Å². The van der Waals surface area contributed by atoms with Crippen LogP contribution in [0.2, 0.25) is 0 Å². The second-order valence-electron chi connectivity index (χ2n) is 5.04. The highest BCUT2D eigenvalue weighted by molar-refractivity contribution is 5.94. The zero-order valence-electron chi connectivity index (χ0n) is 13.0. The Morgan fingerprint density at radius 2 is 1.76 bits per heavy atom. The van der Waals surface area contributed by atoms with Gasteiger partial charge in [0.05, 0.1) is 16.7 Å². The van der Waals surface area contributed by atoms with Crippen LogP contribution in [-0.4, -0.2) is 17.0 Å². The molecule has 0 saturated heterocycles. The van der Waals surface area contributed by atoms with Crippen LogP contribution in [0.4, 0.5) is 5.69 Å². The number of furan rings is 1. The Hall–Kier alpha value is -3.74. The summed E-state index contributed by atoms with van der Waals surface area (Å²) < 4.78 is 5.54. The maximum absolute atomic E-state index is 11.9. The highest BCUT2D eigenvalue weighted by atomic mass is 16.6. The zero-order chi connectivity index (χ0) is 17.6. The minimum Gasteiger partial charge on any atom is -0.455 e. The second-order valence-corrected chi connectivity index (χ2v) is 5.04. The molecule has 0 aliphatic carbocycles. The van der Waals surface area contributed by atoms with Crippen molar-refractivity contribution >= 4 is 17.8 Å². The molecular formula is C18H13N3O4. The van der Waals surface area contributed by atoms with Gasteiger partial charge in [-0.05, 0) is 30.3 Å². The van der Waals surface area contributed by atoms with E-state index in [9.17, 15) is 14.9 Å². The number of benzene rings is 2. The Labute approximate surface area is 142 Å². The first kappa shape index (κ1) is 16.1. The molecule has 2 aromatic carbocycles. The van der Waals surface area contributed by atoms with Gasteiger partial charge >= 0.3 is 0 Å². The van der Waals surface area contributed by atoms with E-state index in [1.807, 2.05) is 6.07 Å². The summed E-state index contributed by atoms with van der Waals surface area (Å²) in [6.07, 6.45) is 1.33. The second kappa shape index (κ2) is 7.22. The van der Waals surface area contributed by atoms with Gasteiger partial charge in [0.25, 0.3) is 11.6 Å². The molecule has 0 aliphatic rings. The molecule has 124 valence electrons. The van der Waals surface area contributed by atoms with E-state index in [2.05, 4.69) is 10.5 Å². The Morgan fingerprint density at radius 3 is 2.52 bits per heavy atom. The molecule has 1 heterocycles. The SMILES string of the molecule is O=C(NN=Cc1ccc(-c2ccccc2[N+](=O)[O-])o1)c1ccccc1. The van der Waals surface area contributed by atoms with Crippen molar-refractivity contribution in [3.63, 3.8) is 0 Å². The van der Waals surface area contributed by atoms with Gasteiger partial charge in [0.15, 0.2) is 0 Å². The summed E-state index contributed by atoms with van der Waals surface area (Å²) in [4.78, 5) is 22.5. The van der Waals surface area contributed by atoms with Crippen LogP contribution < -0.4 is 5.43 Å². The van der Waals surface area contributed by atoms with Crippen LogP contribution in [0.1, 0.15) is 16.1 Å². The summed E-state index contributed by atoms with van der Waals surface area (Å²) in [6, 6.07) is 18.2. The number of hydrogen-bond donors (Lipinski definition) is 1.